The molecule has 0 aliphatic carbocycles. The summed E-state index contributed by atoms with van der Waals surface area (Å²) in [4.78, 5) is 26.0. The first-order chi connectivity index (χ1) is 12.9. The number of hydrogen-bond donors (Lipinski definition) is 1. The highest BCUT2D eigenvalue weighted by molar-refractivity contribution is 5.75. The minimum atomic E-state index is -0.316. The molecule has 1 N–H and O–H groups in total. The van der Waals surface area contributed by atoms with Gasteiger partial charge < -0.3 is 10.2 Å². The minimum Gasteiger partial charge on any atom is -0.376 e. The Bertz CT molecular complexity index is 991. The second-order valence-corrected chi connectivity index (χ2v) is 6.39. The molecular weight excluding hydrogens is 344 g/mol. The van der Waals surface area contributed by atoms with Crippen molar-refractivity contribution in [2.24, 2.45) is 7.05 Å². The molecule has 2 aromatic heterocycles. The zero-order valence-electron chi connectivity index (χ0n) is 15.6. The van der Waals surface area contributed by atoms with Gasteiger partial charge in [-0.2, -0.15) is 10.2 Å². The molecule has 0 aliphatic rings. The summed E-state index contributed by atoms with van der Waals surface area (Å²) in [5.41, 5.74) is 3.11. The summed E-state index contributed by atoms with van der Waals surface area (Å²) >= 11 is 0. The normalized spacial score (nSPS) is 10.6. The average Bonchev–Trinajstić information content (AvgIpc) is 3.03. The van der Waals surface area contributed by atoms with Crippen LogP contribution in [0.4, 0.5) is 5.69 Å². The van der Waals surface area contributed by atoms with Crippen molar-refractivity contribution in [2.45, 2.75) is 13.1 Å². The quantitative estimate of drug-likeness (QED) is 0.704. The van der Waals surface area contributed by atoms with Crippen LogP contribution in [-0.2, 0) is 24.9 Å². The van der Waals surface area contributed by atoms with Gasteiger partial charge in [0.05, 0.1) is 29.8 Å². The number of nitrogens with one attached hydrogen (secondary N) is 1. The van der Waals surface area contributed by atoms with Gasteiger partial charge in [0.15, 0.2) is 0 Å². The van der Waals surface area contributed by atoms with E-state index in [0.717, 1.165) is 21.6 Å². The molecule has 0 radical (unpaired) electrons. The predicted molar refractivity (Wildman–Crippen MR) is 103 cm³/mol. The largest absolute Gasteiger partial charge is 0.376 e. The Morgan fingerprint density at radius 1 is 1.19 bits per heavy atom. The molecule has 8 nitrogen and oxygen atoms in total. The van der Waals surface area contributed by atoms with Gasteiger partial charge >= 0.3 is 0 Å². The third-order valence-corrected chi connectivity index (χ3v) is 4.18. The van der Waals surface area contributed by atoms with E-state index in [1.54, 1.807) is 15.8 Å². The average molecular weight is 366 g/mol. The number of carbonyl (C=O) groups excluding carboxylic acids is 1. The highest BCUT2D eigenvalue weighted by Crippen LogP contribution is 2.18. The Balaban J connectivity index is 1.63. The Morgan fingerprint density at radius 2 is 1.93 bits per heavy atom. The van der Waals surface area contributed by atoms with Crippen LogP contribution in [0.3, 0.4) is 0 Å². The van der Waals surface area contributed by atoms with Crippen molar-refractivity contribution in [3.8, 4) is 11.3 Å². The van der Waals surface area contributed by atoms with Gasteiger partial charge in [-0.1, -0.05) is 30.3 Å². The number of amides is 1. The number of carbonyl (C=O) groups is 1. The van der Waals surface area contributed by atoms with Gasteiger partial charge in [-0.05, 0) is 6.07 Å². The number of nitrogens with zero attached hydrogens (tertiary/aromatic N) is 5. The smallest absolute Gasteiger partial charge is 0.269 e. The SMILES string of the molecule is CN(C)c1cnn(CC(=O)NCc2cc(-c3ccccc3)nn2C)c(=O)c1. The van der Waals surface area contributed by atoms with Crippen molar-refractivity contribution in [3.05, 3.63) is 64.7 Å². The third kappa shape index (κ3) is 4.41. The number of aromatic nitrogens is 4. The number of hydrogen-bond acceptors (Lipinski definition) is 5. The van der Waals surface area contributed by atoms with E-state index < -0.39 is 0 Å². The number of aryl methyl sites for hydroxylation is 1. The van der Waals surface area contributed by atoms with Crippen molar-refractivity contribution in [1.29, 1.82) is 0 Å². The highest BCUT2D eigenvalue weighted by atomic mass is 16.2. The predicted octanol–water partition coefficient (Wildman–Crippen LogP) is 1.03. The molecular formula is C19H22N6O2. The summed E-state index contributed by atoms with van der Waals surface area (Å²) in [6, 6.07) is 13.2. The van der Waals surface area contributed by atoms with E-state index in [0.29, 0.717) is 12.2 Å². The second-order valence-electron chi connectivity index (χ2n) is 6.39. The zero-order valence-corrected chi connectivity index (χ0v) is 15.6. The van der Waals surface area contributed by atoms with Gasteiger partial charge in [0.1, 0.15) is 6.54 Å². The lowest BCUT2D eigenvalue weighted by Gasteiger charge is -2.12. The maximum atomic E-state index is 12.2. The molecule has 1 aromatic carbocycles. The van der Waals surface area contributed by atoms with Gasteiger partial charge in [-0.3, -0.25) is 14.3 Å². The minimum absolute atomic E-state index is 0.129. The van der Waals surface area contributed by atoms with Gasteiger partial charge in [0, 0.05) is 32.8 Å². The Hall–Kier alpha value is -3.42. The molecule has 1 amide bonds. The van der Waals surface area contributed by atoms with Crippen LogP contribution in [0.25, 0.3) is 11.3 Å². The third-order valence-electron chi connectivity index (χ3n) is 4.18. The molecule has 2 heterocycles. The fraction of sp³-hybridized carbons (Fsp3) is 0.263. The molecule has 0 aliphatic heterocycles. The molecule has 8 heteroatoms. The van der Waals surface area contributed by atoms with E-state index in [-0.39, 0.29) is 18.0 Å². The van der Waals surface area contributed by atoms with Gasteiger partial charge in [0.2, 0.25) is 5.91 Å². The molecule has 3 aromatic rings. The van der Waals surface area contributed by atoms with Crippen LogP contribution in [0.15, 0.2) is 53.5 Å². The molecule has 140 valence electrons. The van der Waals surface area contributed by atoms with E-state index >= 15 is 0 Å². The van der Waals surface area contributed by atoms with E-state index in [1.807, 2.05) is 57.5 Å². The summed E-state index contributed by atoms with van der Waals surface area (Å²) in [7, 11) is 5.48. The molecule has 0 saturated carbocycles. The lowest BCUT2D eigenvalue weighted by molar-refractivity contribution is -0.122. The maximum Gasteiger partial charge on any atom is 0.269 e. The van der Waals surface area contributed by atoms with Crippen LogP contribution < -0.4 is 15.8 Å². The fourth-order valence-electron chi connectivity index (χ4n) is 2.59. The maximum absolute atomic E-state index is 12.2. The Labute approximate surface area is 157 Å². The highest BCUT2D eigenvalue weighted by Gasteiger charge is 2.10. The summed E-state index contributed by atoms with van der Waals surface area (Å²) in [5.74, 6) is -0.287. The first-order valence-corrected chi connectivity index (χ1v) is 8.53. The lowest BCUT2D eigenvalue weighted by atomic mass is 10.1. The van der Waals surface area contributed by atoms with Crippen LogP contribution in [-0.4, -0.2) is 39.6 Å². The summed E-state index contributed by atoms with van der Waals surface area (Å²) in [6.45, 7) is 0.190. The van der Waals surface area contributed by atoms with Gasteiger partial charge in [-0.25, -0.2) is 4.68 Å². The molecule has 0 fully saturated rings. The number of rotatable bonds is 6. The number of benzene rings is 1. The van der Waals surface area contributed by atoms with E-state index in [1.165, 1.54) is 6.07 Å². The topological polar surface area (TPSA) is 85.1 Å². The summed E-state index contributed by atoms with van der Waals surface area (Å²) < 4.78 is 2.87. The van der Waals surface area contributed by atoms with Crippen LogP contribution >= 0.6 is 0 Å². The van der Waals surface area contributed by atoms with E-state index in [2.05, 4.69) is 15.5 Å². The first kappa shape index (κ1) is 18.4. The molecule has 27 heavy (non-hydrogen) atoms. The zero-order chi connectivity index (χ0) is 19.4. The van der Waals surface area contributed by atoms with E-state index in [9.17, 15) is 9.59 Å². The second kappa shape index (κ2) is 7.86. The van der Waals surface area contributed by atoms with Crippen molar-refractivity contribution >= 4 is 11.6 Å². The van der Waals surface area contributed by atoms with Crippen molar-refractivity contribution in [3.63, 3.8) is 0 Å². The summed E-state index contributed by atoms with van der Waals surface area (Å²) in [6.07, 6.45) is 1.56. The van der Waals surface area contributed by atoms with Gasteiger partial charge in [0.25, 0.3) is 5.56 Å². The summed E-state index contributed by atoms with van der Waals surface area (Å²) in [5, 5.41) is 11.3. The van der Waals surface area contributed by atoms with Crippen molar-refractivity contribution in [1.82, 2.24) is 24.9 Å². The van der Waals surface area contributed by atoms with Crippen molar-refractivity contribution < 1.29 is 4.79 Å². The first-order valence-electron chi connectivity index (χ1n) is 8.53. The monoisotopic (exact) mass is 366 g/mol. The lowest BCUT2D eigenvalue weighted by Crippen LogP contribution is -2.33. The van der Waals surface area contributed by atoms with E-state index in [4.69, 9.17) is 0 Å². The Morgan fingerprint density at radius 3 is 2.59 bits per heavy atom. The van der Waals surface area contributed by atoms with Crippen molar-refractivity contribution in [2.75, 3.05) is 19.0 Å². The molecule has 0 unspecified atom stereocenters. The molecule has 3 rings (SSSR count). The van der Waals surface area contributed by atoms with Crippen LogP contribution in [0, 0.1) is 0 Å². The Kier molecular flexibility index (Phi) is 5.35. The molecule has 0 spiro atoms. The number of anilines is 1. The van der Waals surface area contributed by atoms with Gasteiger partial charge in [-0.15, -0.1) is 0 Å². The van der Waals surface area contributed by atoms with Crippen LogP contribution in [0.1, 0.15) is 5.69 Å². The standard InChI is InChI=1S/C19H22N6O2/c1-23(2)15-10-19(27)25(21-12-15)13-18(26)20-11-16-9-17(22-24(16)3)14-7-5-4-6-8-14/h4-10,12H,11,13H2,1-3H3,(H,20,26). The van der Waals surface area contributed by atoms with Crippen LogP contribution in [0.5, 0.6) is 0 Å². The van der Waals surface area contributed by atoms with Crippen LogP contribution in [0.2, 0.25) is 0 Å². The molecule has 0 bridgehead atoms. The molecule has 0 atom stereocenters. The molecule has 0 saturated heterocycles. The fourth-order valence-corrected chi connectivity index (χ4v) is 2.59.